The summed E-state index contributed by atoms with van der Waals surface area (Å²) in [6.07, 6.45) is 1.49. The lowest BCUT2D eigenvalue weighted by molar-refractivity contribution is 0.102. The minimum Gasteiger partial charge on any atom is -0.397 e. The first kappa shape index (κ1) is 12.7. The zero-order chi connectivity index (χ0) is 13.1. The van der Waals surface area contributed by atoms with Crippen molar-refractivity contribution in [1.82, 2.24) is 4.98 Å². The number of pyridine rings is 1. The van der Waals surface area contributed by atoms with Gasteiger partial charge in [0, 0.05) is 11.2 Å². The van der Waals surface area contributed by atoms with E-state index in [9.17, 15) is 4.79 Å². The SMILES string of the molecule is Nc1cccnc1C(=O)Nc1cc(Cl)ccc1Cl. The maximum absolute atomic E-state index is 11.9. The van der Waals surface area contributed by atoms with Crippen LogP contribution in [0.4, 0.5) is 11.4 Å². The number of nitrogen functional groups attached to an aromatic ring is 1. The molecule has 4 nitrogen and oxygen atoms in total. The summed E-state index contributed by atoms with van der Waals surface area (Å²) < 4.78 is 0. The van der Waals surface area contributed by atoms with E-state index in [1.165, 1.54) is 6.20 Å². The Labute approximate surface area is 114 Å². The molecule has 0 radical (unpaired) electrons. The second kappa shape index (κ2) is 5.25. The molecule has 3 N–H and O–H groups in total. The summed E-state index contributed by atoms with van der Waals surface area (Å²) in [7, 11) is 0. The fourth-order valence-corrected chi connectivity index (χ4v) is 1.72. The number of halogens is 2. The van der Waals surface area contributed by atoms with Crippen LogP contribution < -0.4 is 11.1 Å². The van der Waals surface area contributed by atoms with Gasteiger partial charge in [-0.05, 0) is 30.3 Å². The molecule has 1 aromatic carbocycles. The maximum Gasteiger partial charge on any atom is 0.276 e. The number of nitrogens with zero attached hydrogens (tertiary/aromatic N) is 1. The number of hydrogen-bond acceptors (Lipinski definition) is 3. The van der Waals surface area contributed by atoms with Crippen LogP contribution in [0.1, 0.15) is 10.5 Å². The van der Waals surface area contributed by atoms with Crippen molar-refractivity contribution in [3.8, 4) is 0 Å². The van der Waals surface area contributed by atoms with E-state index in [1.54, 1.807) is 30.3 Å². The Balaban J connectivity index is 2.27. The van der Waals surface area contributed by atoms with Gasteiger partial charge in [-0.2, -0.15) is 0 Å². The van der Waals surface area contributed by atoms with Crippen molar-refractivity contribution < 1.29 is 4.79 Å². The molecule has 18 heavy (non-hydrogen) atoms. The van der Waals surface area contributed by atoms with Crippen LogP contribution in [-0.2, 0) is 0 Å². The Hall–Kier alpha value is -1.78. The molecule has 6 heteroatoms. The first-order chi connectivity index (χ1) is 8.58. The van der Waals surface area contributed by atoms with Crippen LogP contribution in [-0.4, -0.2) is 10.9 Å². The number of carbonyl (C=O) groups is 1. The van der Waals surface area contributed by atoms with E-state index in [0.29, 0.717) is 21.4 Å². The van der Waals surface area contributed by atoms with Crippen LogP contribution in [0, 0.1) is 0 Å². The molecule has 0 saturated heterocycles. The van der Waals surface area contributed by atoms with Gasteiger partial charge < -0.3 is 11.1 Å². The van der Waals surface area contributed by atoms with E-state index < -0.39 is 5.91 Å². The molecule has 0 fully saturated rings. The molecular formula is C12H9Cl2N3O. The van der Waals surface area contributed by atoms with Crippen LogP contribution in [0.5, 0.6) is 0 Å². The lowest BCUT2D eigenvalue weighted by Crippen LogP contribution is -2.15. The zero-order valence-corrected chi connectivity index (χ0v) is 10.7. The summed E-state index contributed by atoms with van der Waals surface area (Å²) in [6.45, 7) is 0. The van der Waals surface area contributed by atoms with E-state index in [-0.39, 0.29) is 5.69 Å². The van der Waals surface area contributed by atoms with Crippen molar-refractivity contribution in [1.29, 1.82) is 0 Å². The van der Waals surface area contributed by atoms with Crippen molar-refractivity contribution in [3.63, 3.8) is 0 Å². The van der Waals surface area contributed by atoms with Gasteiger partial charge in [0.1, 0.15) is 0 Å². The van der Waals surface area contributed by atoms with Crippen molar-refractivity contribution in [2.45, 2.75) is 0 Å². The molecule has 1 aromatic heterocycles. The topological polar surface area (TPSA) is 68.0 Å². The number of rotatable bonds is 2. The molecule has 0 unspecified atom stereocenters. The number of anilines is 2. The maximum atomic E-state index is 11.9. The number of aromatic nitrogens is 1. The molecule has 0 spiro atoms. The van der Waals surface area contributed by atoms with Gasteiger partial charge in [-0.25, -0.2) is 4.98 Å². The van der Waals surface area contributed by atoms with Crippen molar-refractivity contribution in [2.75, 3.05) is 11.1 Å². The van der Waals surface area contributed by atoms with Crippen molar-refractivity contribution >= 4 is 40.5 Å². The van der Waals surface area contributed by atoms with Crippen LogP contribution in [0.15, 0.2) is 36.5 Å². The number of nitrogens with two attached hydrogens (primary N) is 1. The largest absolute Gasteiger partial charge is 0.397 e. The van der Waals surface area contributed by atoms with E-state index in [4.69, 9.17) is 28.9 Å². The lowest BCUT2D eigenvalue weighted by atomic mass is 10.2. The van der Waals surface area contributed by atoms with Crippen LogP contribution in [0.3, 0.4) is 0 Å². The second-order valence-corrected chi connectivity index (χ2v) is 4.36. The molecule has 1 amide bonds. The molecule has 1 heterocycles. The van der Waals surface area contributed by atoms with Gasteiger partial charge in [0.25, 0.3) is 5.91 Å². The van der Waals surface area contributed by atoms with Gasteiger partial charge in [0.15, 0.2) is 5.69 Å². The highest BCUT2D eigenvalue weighted by Crippen LogP contribution is 2.26. The summed E-state index contributed by atoms with van der Waals surface area (Å²) in [5.74, 6) is -0.433. The smallest absolute Gasteiger partial charge is 0.276 e. The van der Waals surface area contributed by atoms with Gasteiger partial charge in [-0.3, -0.25) is 4.79 Å². The molecule has 0 atom stereocenters. The number of benzene rings is 1. The summed E-state index contributed by atoms with van der Waals surface area (Å²) >= 11 is 11.8. The quantitative estimate of drug-likeness (QED) is 0.888. The van der Waals surface area contributed by atoms with Crippen LogP contribution in [0.2, 0.25) is 10.0 Å². The number of carbonyl (C=O) groups excluding carboxylic acids is 1. The van der Waals surface area contributed by atoms with Crippen molar-refractivity contribution in [2.24, 2.45) is 0 Å². The molecule has 0 aliphatic rings. The summed E-state index contributed by atoms with van der Waals surface area (Å²) in [6, 6.07) is 8.04. The zero-order valence-electron chi connectivity index (χ0n) is 9.15. The second-order valence-electron chi connectivity index (χ2n) is 3.52. The van der Waals surface area contributed by atoms with Crippen LogP contribution >= 0.6 is 23.2 Å². The third kappa shape index (κ3) is 2.72. The first-order valence-electron chi connectivity index (χ1n) is 5.05. The Morgan fingerprint density at radius 2 is 2.06 bits per heavy atom. The molecule has 0 aliphatic heterocycles. The minimum atomic E-state index is -0.433. The average molecular weight is 282 g/mol. The highest BCUT2D eigenvalue weighted by molar-refractivity contribution is 6.35. The van der Waals surface area contributed by atoms with Crippen LogP contribution in [0.25, 0.3) is 0 Å². The number of nitrogens with one attached hydrogen (secondary N) is 1. The summed E-state index contributed by atoms with van der Waals surface area (Å²) in [5.41, 5.74) is 6.52. The summed E-state index contributed by atoms with van der Waals surface area (Å²) in [5, 5.41) is 3.48. The minimum absolute atomic E-state index is 0.147. The number of amides is 1. The fourth-order valence-electron chi connectivity index (χ4n) is 1.38. The van der Waals surface area contributed by atoms with Gasteiger partial charge in [-0.15, -0.1) is 0 Å². The van der Waals surface area contributed by atoms with E-state index in [2.05, 4.69) is 10.3 Å². The summed E-state index contributed by atoms with van der Waals surface area (Å²) in [4.78, 5) is 15.9. The molecule has 2 aromatic rings. The predicted octanol–water partition coefficient (Wildman–Crippen LogP) is 3.22. The molecule has 0 aliphatic carbocycles. The van der Waals surface area contributed by atoms with E-state index >= 15 is 0 Å². The third-order valence-corrected chi connectivity index (χ3v) is 2.80. The Morgan fingerprint density at radius 3 is 2.78 bits per heavy atom. The number of hydrogen-bond donors (Lipinski definition) is 2. The molecule has 0 bridgehead atoms. The van der Waals surface area contributed by atoms with Gasteiger partial charge in [-0.1, -0.05) is 23.2 Å². The normalized spacial score (nSPS) is 10.1. The molecule has 0 saturated carbocycles. The van der Waals surface area contributed by atoms with E-state index in [1.807, 2.05) is 0 Å². The molecule has 92 valence electrons. The van der Waals surface area contributed by atoms with E-state index in [0.717, 1.165) is 0 Å². The Bertz CT molecular complexity index is 602. The predicted molar refractivity (Wildman–Crippen MR) is 73.1 cm³/mol. The monoisotopic (exact) mass is 281 g/mol. The lowest BCUT2D eigenvalue weighted by Gasteiger charge is -2.08. The molecule has 2 rings (SSSR count). The Kier molecular flexibility index (Phi) is 3.69. The highest BCUT2D eigenvalue weighted by atomic mass is 35.5. The first-order valence-corrected chi connectivity index (χ1v) is 5.80. The fraction of sp³-hybridized carbons (Fsp3) is 0. The van der Waals surface area contributed by atoms with Crippen molar-refractivity contribution in [3.05, 3.63) is 52.3 Å². The standard InChI is InChI=1S/C12H9Cl2N3O/c13-7-3-4-8(14)10(6-7)17-12(18)11-9(15)2-1-5-16-11/h1-6H,15H2,(H,17,18). The van der Waals surface area contributed by atoms with Gasteiger partial charge in [0.2, 0.25) is 0 Å². The third-order valence-electron chi connectivity index (χ3n) is 2.23. The Morgan fingerprint density at radius 1 is 1.28 bits per heavy atom. The highest BCUT2D eigenvalue weighted by Gasteiger charge is 2.12. The van der Waals surface area contributed by atoms with Gasteiger partial charge in [0.05, 0.1) is 16.4 Å². The molecular weight excluding hydrogens is 273 g/mol. The van der Waals surface area contributed by atoms with Gasteiger partial charge >= 0.3 is 0 Å². The average Bonchev–Trinajstić information content (AvgIpc) is 2.34.